The fourth-order valence-corrected chi connectivity index (χ4v) is 6.71. The second kappa shape index (κ2) is 4.97. The number of para-hydroxylation sites is 1. The van der Waals surface area contributed by atoms with E-state index in [4.69, 9.17) is 4.74 Å². The van der Waals surface area contributed by atoms with Crippen LogP contribution in [0.3, 0.4) is 0 Å². The summed E-state index contributed by atoms with van der Waals surface area (Å²) in [4.78, 5) is 31.3. The van der Waals surface area contributed by atoms with Gasteiger partial charge in [-0.1, -0.05) is 29.8 Å². The van der Waals surface area contributed by atoms with E-state index in [1.807, 2.05) is 26.1 Å². The number of anilines is 1. The summed E-state index contributed by atoms with van der Waals surface area (Å²) in [7, 11) is 3.49. The van der Waals surface area contributed by atoms with Crippen LogP contribution in [-0.2, 0) is 19.7 Å². The number of hydrogen-bond donors (Lipinski definition) is 0. The van der Waals surface area contributed by atoms with E-state index in [0.29, 0.717) is 6.42 Å². The second-order valence-electron chi connectivity index (χ2n) is 7.99. The van der Waals surface area contributed by atoms with Crippen LogP contribution in [0.2, 0.25) is 0 Å². The highest BCUT2D eigenvalue weighted by atomic mass is 16.5. The topological polar surface area (TPSA) is 49.9 Å². The maximum atomic E-state index is 13.7. The molecule has 1 aromatic carbocycles. The Kier molecular flexibility index (Phi) is 3.07. The molecule has 1 saturated carbocycles. The SMILES string of the molecule is C/C=C1\CN2CCC34c5ccccc5N(C)C23C(=O)CC1C4C(=O)OC. The first-order chi connectivity index (χ1) is 12.5. The first-order valence-electron chi connectivity index (χ1n) is 9.38. The molecule has 1 spiro atoms. The number of likely N-dealkylation sites (N-methyl/N-ethyl adjacent to an activating group) is 1. The molecule has 1 aromatic rings. The summed E-state index contributed by atoms with van der Waals surface area (Å²) in [6, 6.07) is 8.23. The van der Waals surface area contributed by atoms with E-state index in [1.54, 1.807) is 0 Å². The first-order valence-corrected chi connectivity index (χ1v) is 9.38. The summed E-state index contributed by atoms with van der Waals surface area (Å²) in [5.41, 5.74) is 2.11. The Hall–Kier alpha value is -2.14. The third-order valence-electron chi connectivity index (χ3n) is 7.49. The Labute approximate surface area is 153 Å². The molecule has 26 heavy (non-hydrogen) atoms. The van der Waals surface area contributed by atoms with Gasteiger partial charge in [-0.3, -0.25) is 14.5 Å². The maximum absolute atomic E-state index is 13.7. The van der Waals surface area contributed by atoms with Crippen molar-refractivity contribution in [3.63, 3.8) is 0 Å². The summed E-state index contributed by atoms with van der Waals surface area (Å²) in [6.07, 6.45) is 3.33. The molecular weight excluding hydrogens is 328 g/mol. The fourth-order valence-electron chi connectivity index (χ4n) is 6.71. The molecule has 4 aliphatic heterocycles. The Balaban J connectivity index is 1.90. The molecule has 4 fully saturated rings. The van der Waals surface area contributed by atoms with Crippen molar-refractivity contribution in [1.82, 2.24) is 4.90 Å². The smallest absolute Gasteiger partial charge is 0.310 e. The van der Waals surface area contributed by atoms with E-state index in [-0.39, 0.29) is 23.6 Å². The molecular formula is C21H24N2O3. The number of esters is 1. The number of Topliss-reactive ketones (excluding diaryl/α,β-unsaturated/α-hetero) is 1. The van der Waals surface area contributed by atoms with Gasteiger partial charge < -0.3 is 9.64 Å². The Bertz CT molecular complexity index is 863. The van der Waals surface area contributed by atoms with Crippen molar-refractivity contribution >= 4 is 17.4 Å². The third kappa shape index (κ3) is 1.42. The van der Waals surface area contributed by atoms with Crippen molar-refractivity contribution in [1.29, 1.82) is 0 Å². The van der Waals surface area contributed by atoms with Gasteiger partial charge in [-0.2, -0.15) is 0 Å². The quantitative estimate of drug-likeness (QED) is 0.572. The van der Waals surface area contributed by atoms with Gasteiger partial charge in [0.1, 0.15) is 0 Å². The Morgan fingerprint density at radius 3 is 2.85 bits per heavy atom. The minimum absolute atomic E-state index is 0.0714. The monoisotopic (exact) mass is 352 g/mol. The molecule has 4 bridgehead atoms. The summed E-state index contributed by atoms with van der Waals surface area (Å²) in [5, 5.41) is 0. The molecule has 0 N–H and O–H groups in total. The van der Waals surface area contributed by atoms with E-state index in [1.165, 1.54) is 12.7 Å². The van der Waals surface area contributed by atoms with Gasteiger partial charge in [0.15, 0.2) is 11.4 Å². The van der Waals surface area contributed by atoms with E-state index < -0.39 is 11.1 Å². The summed E-state index contributed by atoms with van der Waals surface area (Å²) in [6.45, 7) is 3.59. The van der Waals surface area contributed by atoms with Crippen LogP contribution in [0, 0.1) is 11.8 Å². The van der Waals surface area contributed by atoms with Crippen LogP contribution in [-0.4, -0.2) is 49.6 Å². The number of methoxy groups -OCH3 is 1. The van der Waals surface area contributed by atoms with Crippen molar-refractivity contribution in [2.45, 2.75) is 30.8 Å². The van der Waals surface area contributed by atoms with Crippen LogP contribution < -0.4 is 4.90 Å². The zero-order chi connectivity index (χ0) is 18.3. The average molecular weight is 352 g/mol. The van der Waals surface area contributed by atoms with Crippen molar-refractivity contribution in [3.8, 4) is 0 Å². The normalized spacial score (nSPS) is 41.2. The number of nitrogens with zero attached hydrogens (tertiary/aromatic N) is 2. The summed E-state index contributed by atoms with van der Waals surface area (Å²) < 4.78 is 5.31. The molecule has 4 heterocycles. The number of benzene rings is 1. The molecule has 5 atom stereocenters. The van der Waals surface area contributed by atoms with Crippen molar-refractivity contribution in [2.24, 2.45) is 11.8 Å². The molecule has 1 aliphatic carbocycles. The predicted octanol–water partition coefficient (Wildman–Crippen LogP) is 2.11. The molecule has 5 nitrogen and oxygen atoms in total. The molecule has 5 heteroatoms. The third-order valence-corrected chi connectivity index (χ3v) is 7.49. The highest BCUT2D eigenvalue weighted by Crippen LogP contribution is 2.68. The lowest BCUT2D eigenvalue weighted by molar-refractivity contribution is -0.157. The maximum Gasteiger partial charge on any atom is 0.310 e. The van der Waals surface area contributed by atoms with Gasteiger partial charge in [-0.15, -0.1) is 0 Å². The lowest BCUT2D eigenvalue weighted by Gasteiger charge is -2.52. The number of carbonyl (C=O) groups excluding carboxylic acids is 2. The number of rotatable bonds is 1. The van der Waals surface area contributed by atoms with E-state index in [2.05, 4.69) is 28.0 Å². The number of allylic oxidation sites excluding steroid dienone is 1. The van der Waals surface area contributed by atoms with Crippen molar-refractivity contribution in [2.75, 3.05) is 32.1 Å². The van der Waals surface area contributed by atoms with Gasteiger partial charge in [-0.05, 0) is 25.0 Å². The second-order valence-corrected chi connectivity index (χ2v) is 7.99. The van der Waals surface area contributed by atoms with Crippen LogP contribution in [0.15, 0.2) is 35.9 Å². The van der Waals surface area contributed by atoms with Gasteiger partial charge >= 0.3 is 5.97 Å². The number of fused-ring (bicyclic) bond motifs is 3. The minimum Gasteiger partial charge on any atom is -0.469 e. The van der Waals surface area contributed by atoms with Gasteiger partial charge in [0.2, 0.25) is 0 Å². The molecule has 0 amide bonds. The molecule has 136 valence electrons. The van der Waals surface area contributed by atoms with Gasteiger partial charge in [0.05, 0.1) is 18.4 Å². The van der Waals surface area contributed by atoms with Gasteiger partial charge in [0, 0.05) is 38.2 Å². The molecule has 5 aliphatic rings. The van der Waals surface area contributed by atoms with E-state index >= 15 is 0 Å². The van der Waals surface area contributed by atoms with Crippen molar-refractivity contribution < 1.29 is 14.3 Å². The van der Waals surface area contributed by atoms with Crippen LogP contribution >= 0.6 is 0 Å². The van der Waals surface area contributed by atoms with Crippen LogP contribution in [0.5, 0.6) is 0 Å². The fraction of sp³-hybridized carbons (Fsp3) is 0.524. The average Bonchev–Trinajstić information content (AvgIpc) is 3.03. The largest absolute Gasteiger partial charge is 0.469 e. The summed E-state index contributed by atoms with van der Waals surface area (Å²) >= 11 is 0. The van der Waals surface area contributed by atoms with Crippen LogP contribution in [0.1, 0.15) is 25.3 Å². The lowest BCUT2D eigenvalue weighted by atomic mass is 9.54. The number of hydrogen-bond acceptors (Lipinski definition) is 5. The number of carbonyl (C=O) groups is 2. The Morgan fingerprint density at radius 1 is 1.35 bits per heavy atom. The molecule has 5 unspecified atom stereocenters. The zero-order valence-corrected chi connectivity index (χ0v) is 15.5. The van der Waals surface area contributed by atoms with E-state index in [9.17, 15) is 9.59 Å². The van der Waals surface area contributed by atoms with Crippen molar-refractivity contribution in [3.05, 3.63) is 41.5 Å². The number of ether oxygens (including phenoxy) is 1. The van der Waals surface area contributed by atoms with Gasteiger partial charge in [-0.25, -0.2) is 0 Å². The molecule has 6 rings (SSSR count). The molecule has 3 saturated heterocycles. The van der Waals surface area contributed by atoms with Crippen LogP contribution in [0.25, 0.3) is 0 Å². The Morgan fingerprint density at radius 2 is 2.12 bits per heavy atom. The molecule has 0 aromatic heterocycles. The van der Waals surface area contributed by atoms with E-state index in [0.717, 1.165) is 30.8 Å². The summed E-state index contributed by atoms with van der Waals surface area (Å²) in [5.74, 6) is -0.330. The molecule has 0 radical (unpaired) electrons. The highest BCUT2D eigenvalue weighted by molar-refractivity contribution is 6.02. The zero-order valence-electron chi connectivity index (χ0n) is 15.5. The first kappa shape index (κ1) is 16.1. The highest BCUT2D eigenvalue weighted by Gasteiger charge is 2.79. The standard InChI is InChI=1S/C21H24N2O3/c1-4-13-12-23-10-9-20-15-7-5-6-8-16(15)22(2)21(20,23)17(24)11-14(13)18(20)19(25)26-3/h4-8,14,18H,9-12H2,1-3H3/b13-4+. The van der Waals surface area contributed by atoms with Crippen LogP contribution in [0.4, 0.5) is 5.69 Å². The predicted molar refractivity (Wildman–Crippen MR) is 97.8 cm³/mol. The number of ketones is 1. The lowest BCUT2D eigenvalue weighted by Crippen LogP contribution is -2.71. The van der Waals surface area contributed by atoms with Gasteiger partial charge in [0.25, 0.3) is 0 Å². The minimum atomic E-state index is -0.767.